The number of nitrogens with two attached hydrogens (primary N) is 1. The minimum absolute atomic E-state index is 0.431. The number of rotatable bonds is 3. The van der Waals surface area contributed by atoms with E-state index in [1.165, 1.54) is 6.07 Å². The highest BCUT2D eigenvalue weighted by molar-refractivity contribution is 5.56. The van der Waals surface area contributed by atoms with Crippen LogP contribution in [0.4, 0.5) is 20.2 Å². The van der Waals surface area contributed by atoms with Crippen LogP contribution in [-0.2, 0) is 6.54 Å². The van der Waals surface area contributed by atoms with Gasteiger partial charge in [-0.25, -0.2) is 8.78 Å². The predicted octanol–water partition coefficient (Wildman–Crippen LogP) is 3.47. The molecule has 0 aliphatic carbocycles. The summed E-state index contributed by atoms with van der Waals surface area (Å²) in [6.45, 7) is 2.35. The number of aryl methyl sites for hydroxylation is 1. The molecule has 2 rings (SSSR count). The number of halogens is 2. The molecule has 0 bridgehead atoms. The summed E-state index contributed by atoms with van der Waals surface area (Å²) in [5.41, 5.74) is 9.00. The van der Waals surface area contributed by atoms with E-state index in [4.69, 9.17) is 5.73 Å². The molecule has 0 heterocycles. The van der Waals surface area contributed by atoms with Crippen LogP contribution in [0.1, 0.15) is 11.1 Å². The monoisotopic (exact) mass is 248 g/mol. The summed E-state index contributed by atoms with van der Waals surface area (Å²) in [5, 5.41) is 3.13. The molecule has 0 radical (unpaired) electrons. The number of nitrogens with one attached hydrogen (secondary N) is 1. The number of benzene rings is 2. The Morgan fingerprint density at radius 1 is 1.06 bits per heavy atom. The fourth-order valence-corrected chi connectivity index (χ4v) is 1.64. The Balaban J connectivity index is 2.06. The lowest BCUT2D eigenvalue weighted by Crippen LogP contribution is -2.01. The molecular formula is C14H14F2N2. The number of hydrogen-bond donors (Lipinski definition) is 2. The number of anilines is 2. The fourth-order valence-electron chi connectivity index (χ4n) is 1.64. The Labute approximate surface area is 104 Å². The SMILES string of the molecule is Cc1cc(NCc2ccc(F)c(F)c2)ccc1N. The van der Waals surface area contributed by atoms with E-state index in [1.54, 1.807) is 6.07 Å². The van der Waals surface area contributed by atoms with Crippen LogP contribution in [0.2, 0.25) is 0 Å². The summed E-state index contributed by atoms with van der Waals surface area (Å²) < 4.78 is 25.8. The van der Waals surface area contributed by atoms with Crippen molar-refractivity contribution in [2.24, 2.45) is 0 Å². The minimum Gasteiger partial charge on any atom is -0.399 e. The zero-order chi connectivity index (χ0) is 13.1. The first kappa shape index (κ1) is 12.4. The largest absolute Gasteiger partial charge is 0.399 e. The van der Waals surface area contributed by atoms with Crippen LogP contribution in [0, 0.1) is 18.6 Å². The van der Waals surface area contributed by atoms with Gasteiger partial charge in [0.25, 0.3) is 0 Å². The van der Waals surface area contributed by atoms with Crippen LogP contribution < -0.4 is 11.1 Å². The molecule has 2 aromatic carbocycles. The molecule has 0 aliphatic rings. The average molecular weight is 248 g/mol. The standard InChI is InChI=1S/C14H14F2N2/c1-9-6-11(3-5-14(9)17)18-8-10-2-4-12(15)13(16)7-10/h2-7,18H,8,17H2,1H3. The topological polar surface area (TPSA) is 38.0 Å². The summed E-state index contributed by atoms with van der Waals surface area (Å²) in [4.78, 5) is 0. The molecule has 0 atom stereocenters. The van der Waals surface area contributed by atoms with Gasteiger partial charge < -0.3 is 11.1 Å². The van der Waals surface area contributed by atoms with E-state index in [1.807, 2.05) is 25.1 Å². The molecule has 2 aromatic rings. The molecule has 0 saturated heterocycles. The van der Waals surface area contributed by atoms with Crippen LogP contribution in [-0.4, -0.2) is 0 Å². The lowest BCUT2D eigenvalue weighted by molar-refractivity contribution is 0.507. The lowest BCUT2D eigenvalue weighted by Gasteiger charge is -2.09. The van der Waals surface area contributed by atoms with Gasteiger partial charge in [0.2, 0.25) is 0 Å². The molecule has 0 aromatic heterocycles. The first-order valence-electron chi connectivity index (χ1n) is 5.60. The van der Waals surface area contributed by atoms with Crippen molar-refractivity contribution in [1.29, 1.82) is 0 Å². The summed E-state index contributed by atoms with van der Waals surface area (Å²) in [7, 11) is 0. The van der Waals surface area contributed by atoms with Gasteiger partial charge in [-0.15, -0.1) is 0 Å². The average Bonchev–Trinajstić information content (AvgIpc) is 2.35. The first-order chi connectivity index (χ1) is 8.56. The summed E-state index contributed by atoms with van der Waals surface area (Å²) >= 11 is 0. The highest BCUT2D eigenvalue weighted by Crippen LogP contribution is 2.17. The van der Waals surface area contributed by atoms with Gasteiger partial charge in [-0.1, -0.05) is 6.07 Å². The van der Waals surface area contributed by atoms with E-state index in [0.29, 0.717) is 12.1 Å². The van der Waals surface area contributed by atoms with E-state index in [2.05, 4.69) is 5.32 Å². The Kier molecular flexibility index (Phi) is 3.46. The van der Waals surface area contributed by atoms with Gasteiger partial charge in [-0.2, -0.15) is 0 Å². The van der Waals surface area contributed by atoms with Gasteiger partial charge in [0, 0.05) is 17.9 Å². The Morgan fingerprint density at radius 2 is 1.83 bits per heavy atom. The minimum atomic E-state index is -0.831. The molecule has 0 aliphatic heterocycles. The maximum atomic E-state index is 13.0. The van der Waals surface area contributed by atoms with E-state index in [0.717, 1.165) is 23.0 Å². The van der Waals surface area contributed by atoms with E-state index < -0.39 is 11.6 Å². The molecule has 0 spiro atoms. The van der Waals surface area contributed by atoms with Crippen LogP contribution in [0.3, 0.4) is 0 Å². The van der Waals surface area contributed by atoms with Gasteiger partial charge in [-0.05, 0) is 48.4 Å². The molecule has 0 amide bonds. The maximum Gasteiger partial charge on any atom is 0.159 e. The summed E-state index contributed by atoms with van der Waals surface area (Å²) in [6.07, 6.45) is 0. The first-order valence-corrected chi connectivity index (χ1v) is 5.60. The van der Waals surface area contributed by atoms with Crippen LogP contribution in [0.25, 0.3) is 0 Å². The van der Waals surface area contributed by atoms with Crippen molar-refractivity contribution in [3.8, 4) is 0 Å². The third kappa shape index (κ3) is 2.77. The van der Waals surface area contributed by atoms with Crippen molar-refractivity contribution in [2.75, 3.05) is 11.1 Å². The summed E-state index contributed by atoms with van der Waals surface area (Å²) in [5.74, 6) is -1.66. The summed E-state index contributed by atoms with van der Waals surface area (Å²) in [6, 6.07) is 9.43. The third-order valence-electron chi connectivity index (χ3n) is 2.75. The highest BCUT2D eigenvalue weighted by atomic mass is 19.2. The van der Waals surface area contributed by atoms with Crippen LogP contribution >= 0.6 is 0 Å². The predicted molar refractivity (Wildman–Crippen MR) is 69.3 cm³/mol. The zero-order valence-electron chi connectivity index (χ0n) is 10.0. The quantitative estimate of drug-likeness (QED) is 0.816. The maximum absolute atomic E-state index is 13.0. The number of hydrogen-bond acceptors (Lipinski definition) is 2. The molecule has 18 heavy (non-hydrogen) atoms. The molecule has 0 fully saturated rings. The van der Waals surface area contributed by atoms with Crippen molar-refractivity contribution in [1.82, 2.24) is 0 Å². The van der Waals surface area contributed by atoms with Crippen molar-refractivity contribution in [3.63, 3.8) is 0 Å². The normalized spacial score (nSPS) is 10.4. The van der Waals surface area contributed by atoms with E-state index in [9.17, 15) is 8.78 Å². The van der Waals surface area contributed by atoms with E-state index in [-0.39, 0.29) is 0 Å². The molecule has 2 nitrogen and oxygen atoms in total. The molecular weight excluding hydrogens is 234 g/mol. The van der Waals surface area contributed by atoms with Crippen molar-refractivity contribution in [3.05, 3.63) is 59.2 Å². The van der Waals surface area contributed by atoms with Gasteiger partial charge in [0.1, 0.15) is 0 Å². The van der Waals surface area contributed by atoms with Gasteiger partial charge >= 0.3 is 0 Å². The fraction of sp³-hybridized carbons (Fsp3) is 0.143. The van der Waals surface area contributed by atoms with Gasteiger partial charge in [0.05, 0.1) is 0 Å². The molecule has 4 heteroatoms. The Hall–Kier alpha value is -2.10. The molecule has 3 N–H and O–H groups in total. The Bertz CT molecular complexity index is 516. The lowest BCUT2D eigenvalue weighted by atomic mass is 10.1. The number of nitrogen functional groups attached to an aromatic ring is 1. The second kappa shape index (κ2) is 5.04. The van der Waals surface area contributed by atoms with Crippen LogP contribution in [0.15, 0.2) is 36.4 Å². The van der Waals surface area contributed by atoms with E-state index >= 15 is 0 Å². The second-order valence-electron chi connectivity index (χ2n) is 4.17. The van der Waals surface area contributed by atoms with Crippen molar-refractivity contribution < 1.29 is 8.78 Å². The van der Waals surface area contributed by atoms with Gasteiger partial charge in [0.15, 0.2) is 11.6 Å². The third-order valence-corrected chi connectivity index (χ3v) is 2.75. The van der Waals surface area contributed by atoms with Gasteiger partial charge in [-0.3, -0.25) is 0 Å². The second-order valence-corrected chi connectivity index (χ2v) is 4.17. The van der Waals surface area contributed by atoms with Crippen molar-refractivity contribution in [2.45, 2.75) is 13.5 Å². The molecule has 0 unspecified atom stereocenters. The zero-order valence-corrected chi connectivity index (χ0v) is 10.0. The molecule has 94 valence electrons. The van der Waals surface area contributed by atoms with Crippen molar-refractivity contribution >= 4 is 11.4 Å². The smallest absolute Gasteiger partial charge is 0.159 e. The Morgan fingerprint density at radius 3 is 2.50 bits per heavy atom. The highest BCUT2D eigenvalue weighted by Gasteiger charge is 2.02. The molecule has 0 saturated carbocycles. The van der Waals surface area contributed by atoms with Crippen LogP contribution in [0.5, 0.6) is 0 Å².